The second-order valence-electron chi connectivity index (χ2n) is 2.20. The first-order valence-electron chi connectivity index (χ1n) is 3.63. The molecule has 64 valence electrons. The quantitative estimate of drug-likeness (QED) is 0.461. The molecule has 0 fully saturated rings. The average molecular weight is 166 g/mol. The van der Waals surface area contributed by atoms with Crippen molar-refractivity contribution in [1.29, 1.82) is 0 Å². The third kappa shape index (κ3) is 2.62. The lowest BCUT2D eigenvalue weighted by molar-refractivity contribution is -0.161. The molecule has 3 nitrogen and oxygen atoms in total. The van der Waals surface area contributed by atoms with Crippen LogP contribution in [0, 0.1) is 0 Å². The molecule has 3 heteroatoms. The van der Waals surface area contributed by atoms with Crippen molar-refractivity contribution in [3.05, 3.63) is 37.1 Å². The van der Waals surface area contributed by atoms with Crippen molar-refractivity contribution in [3.63, 3.8) is 0 Å². The predicted molar refractivity (Wildman–Crippen MR) is 44.1 cm³/mol. The zero-order valence-corrected chi connectivity index (χ0v) is 6.60. The highest BCUT2D eigenvalue weighted by Crippen LogP contribution is 2.06. The summed E-state index contributed by atoms with van der Waals surface area (Å²) in [6, 6.07) is 0. The van der Waals surface area contributed by atoms with E-state index in [1.54, 1.807) is 6.08 Å². The fraction of sp³-hybridized carbons (Fsp3) is 0.222. The zero-order valence-electron chi connectivity index (χ0n) is 6.60. The van der Waals surface area contributed by atoms with E-state index in [1.165, 1.54) is 6.26 Å². The summed E-state index contributed by atoms with van der Waals surface area (Å²) in [5.74, 6) is -0.469. The molecule has 0 spiro atoms. The minimum atomic E-state index is -0.523. The normalized spacial score (nSPS) is 20.8. The first-order valence-corrected chi connectivity index (χ1v) is 3.63. The molecule has 1 atom stereocenters. The van der Waals surface area contributed by atoms with Gasteiger partial charge in [0.15, 0.2) is 0 Å². The number of hydrogen-bond acceptors (Lipinski definition) is 3. The molecule has 0 N–H and O–H groups in total. The van der Waals surface area contributed by atoms with Gasteiger partial charge in [-0.25, -0.2) is 4.79 Å². The van der Waals surface area contributed by atoms with E-state index >= 15 is 0 Å². The second-order valence-corrected chi connectivity index (χ2v) is 2.20. The van der Waals surface area contributed by atoms with Crippen LogP contribution in [0.25, 0.3) is 0 Å². The van der Waals surface area contributed by atoms with Crippen LogP contribution in [-0.4, -0.2) is 12.3 Å². The third-order valence-electron chi connectivity index (χ3n) is 1.30. The third-order valence-corrected chi connectivity index (χ3v) is 1.30. The van der Waals surface area contributed by atoms with E-state index in [9.17, 15) is 4.79 Å². The van der Waals surface area contributed by atoms with Gasteiger partial charge in [0.05, 0.1) is 6.26 Å². The molecule has 0 aliphatic carbocycles. The van der Waals surface area contributed by atoms with Gasteiger partial charge in [0.25, 0.3) is 0 Å². The largest absolute Gasteiger partial charge is 0.462 e. The van der Waals surface area contributed by atoms with Crippen molar-refractivity contribution in [3.8, 4) is 0 Å². The van der Waals surface area contributed by atoms with E-state index < -0.39 is 12.3 Å². The van der Waals surface area contributed by atoms with Crippen molar-refractivity contribution < 1.29 is 14.3 Å². The minimum Gasteiger partial charge on any atom is -0.462 e. The Kier molecular flexibility index (Phi) is 3.14. The Morgan fingerprint density at radius 2 is 2.50 bits per heavy atom. The van der Waals surface area contributed by atoms with Crippen LogP contribution in [0.15, 0.2) is 37.1 Å². The summed E-state index contributed by atoms with van der Waals surface area (Å²) in [7, 11) is 0. The summed E-state index contributed by atoms with van der Waals surface area (Å²) in [5, 5.41) is 0. The maximum atomic E-state index is 10.7. The molecule has 0 radical (unpaired) electrons. The average Bonchev–Trinajstić information content (AvgIpc) is 2.33. The summed E-state index contributed by atoms with van der Waals surface area (Å²) >= 11 is 0. The van der Waals surface area contributed by atoms with Gasteiger partial charge in [-0.05, 0) is 6.08 Å². The van der Waals surface area contributed by atoms with Gasteiger partial charge in [-0.1, -0.05) is 18.7 Å². The summed E-state index contributed by atoms with van der Waals surface area (Å²) in [6.45, 7) is 3.28. The van der Waals surface area contributed by atoms with Gasteiger partial charge in [0, 0.05) is 12.5 Å². The number of carbonyl (C=O) groups excluding carboxylic acids is 1. The molecule has 0 aromatic carbocycles. The Hall–Kier alpha value is -1.51. The fourth-order valence-corrected chi connectivity index (χ4v) is 0.756. The predicted octanol–water partition coefficient (Wildman–Crippen LogP) is 1.53. The lowest BCUT2D eigenvalue weighted by Gasteiger charge is -2.12. The van der Waals surface area contributed by atoms with Crippen molar-refractivity contribution >= 4 is 5.97 Å². The fourth-order valence-electron chi connectivity index (χ4n) is 0.756. The number of esters is 1. The van der Waals surface area contributed by atoms with Gasteiger partial charge in [-0.15, -0.1) is 0 Å². The molecule has 0 aromatic heterocycles. The standard InChI is InChI=1S/C9H10O3/c1-2-8(10)12-9-6-4-3-5-7-11-9/h2-5,7,9H,1,6H2. The maximum Gasteiger partial charge on any atom is 0.333 e. The van der Waals surface area contributed by atoms with Crippen molar-refractivity contribution in [2.24, 2.45) is 0 Å². The molecule has 0 amide bonds. The first-order chi connectivity index (χ1) is 5.83. The zero-order chi connectivity index (χ0) is 8.81. The summed E-state index contributed by atoms with van der Waals surface area (Å²) in [5.41, 5.74) is 0. The topological polar surface area (TPSA) is 35.5 Å². The SMILES string of the molecule is C=CC(=O)OC1CC=CC=CO1. The molecule has 1 rings (SSSR count). The Bertz CT molecular complexity index is 214. The Labute approximate surface area is 71.0 Å². The lowest BCUT2D eigenvalue weighted by Crippen LogP contribution is -2.16. The van der Waals surface area contributed by atoms with Crippen LogP contribution in [-0.2, 0) is 14.3 Å². The highest BCUT2D eigenvalue weighted by molar-refractivity contribution is 5.81. The van der Waals surface area contributed by atoms with E-state index in [-0.39, 0.29) is 0 Å². The summed E-state index contributed by atoms with van der Waals surface area (Å²) in [6.07, 6.45) is 8.08. The second kappa shape index (κ2) is 4.38. The summed E-state index contributed by atoms with van der Waals surface area (Å²) in [4.78, 5) is 10.7. The molecule has 0 saturated heterocycles. The molecular weight excluding hydrogens is 156 g/mol. The van der Waals surface area contributed by atoms with Crippen LogP contribution in [0.3, 0.4) is 0 Å². The van der Waals surface area contributed by atoms with Gasteiger partial charge in [0.2, 0.25) is 6.29 Å². The monoisotopic (exact) mass is 166 g/mol. The van der Waals surface area contributed by atoms with E-state index in [0.717, 1.165) is 6.08 Å². The number of rotatable bonds is 2. The van der Waals surface area contributed by atoms with Gasteiger partial charge < -0.3 is 9.47 Å². The summed E-state index contributed by atoms with van der Waals surface area (Å²) < 4.78 is 9.88. The van der Waals surface area contributed by atoms with Gasteiger partial charge in [0.1, 0.15) is 0 Å². The minimum absolute atomic E-state index is 0.469. The molecule has 1 unspecified atom stereocenters. The Morgan fingerprint density at radius 1 is 1.67 bits per heavy atom. The molecule has 1 aliphatic rings. The van der Waals surface area contributed by atoms with Gasteiger partial charge >= 0.3 is 5.97 Å². The van der Waals surface area contributed by atoms with E-state index in [2.05, 4.69) is 6.58 Å². The molecule has 0 aromatic rings. The van der Waals surface area contributed by atoms with Crippen LogP contribution in [0.5, 0.6) is 0 Å². The van der Waals surface area contributed by atoms with Crippen LogP contribution >= 0.6 is 0 Å². The first kappa shape index (κ1) is 8.59. The smallest absolute Gasteiger partial charge is 0.333 e. The molecule has 0 bridgehead atoms. The maximum absolute atomic E-state index is 10.7. The van der Waals surface area contributed by atoms with Crippen molar-refractivity contribution in [2.75, 3.05) is 0 Å². The molecule has 12 heavy (non-hydrogen) atoms. The molecule has 0 saturated carbocycles. The molecule has 1 heterocycles. The lowest BCUT2D eigenvalue weighted by atomic mass is 10.4. The molecule has 1 aliphatic heterocycles. The van der Waals surface area contributed by atoms with Crippen molar-refractivity contribution in [1.82, 2.24) is 0 Å². The van der Waals surface area contributed by atoms with E-state index in [4.69, 9.17) is 9.47 Å². The Morgan fingerprint density at radius 3 is 3.25 bits per heavy atom. The van der Waals surface area contributed by atoms with E-state index in [1.807, 2.05) is 12.2 Å². The van der Waals surface area contributed by atoms with Gasteiger partial charge in [-0.3, -0.25) is 0 Å². The highest BCUT2D eigenvalue weighted by Gasteiger charge is 2.10. The number of carbonyl (C=O) groups is 1. The van der Waals surface area contributed by atoms with Crippen LogP contribution in [0.2, 0.25) is 0 Å². The van der Waals surface area contributed by atoms with Crippen LogP contribution in [0.4, 0.5) is 0 Å². The van der Waals surface area contributed by atoms with Gasteiger partial charge in [-0.2, -0.15) is 0 Å². The van der Waals surface area contributed by atoms with E-state index in [0.29, 0.717) is 6.42 Å². The number of ether oxygens (including phenoxy) is 2. The van der Waals surface area contributed by atoms with Crippen LogP contribution < -0.4 is 0 Å². The Balaban J connectivity index is 2.41. The number of hydrogen-bond donors (Lipinski definition) is 0. The highest BCUT2D eigenvalue weighted by atomic mass is 16.7. The van der Waals surface area contributed by atoms with Crippen LogP contribution in [0.1, 0.15) is 6.42 Å². The van der Waals surface area contributed by atoms with Crippen molar-refractivity contribution in [2.45, 2.75) is 12.7 Å². The molecular formula is C9H10O3. The number of allylic oxidation sites excluding steroid dienone is 2.